The number of aliphatic hydroxyl groups is 1. The average Bonchev–Trinajstić information content (AvgIpc) is 3.20. The van der Waals surface area contributed by atoms with Crippen LogP contribution in [0.1, 0.15) is 30.8 Å². The van der Waals surface area contributed by atoms with Crippen LogP contribution in [0, 0.1) is 11.8 Å². The topological polar surface area (TPSA) is 95.1 Å². The standard InChI is InChI=1S/C25H20F3N3O3S/c1-24(2,32)20-14-18(17-6-4-3-5-7-17)15-21-23(20)30-22(29-21)13-10-16-8-11-19(12-9-16)31-35(33,34)25(26,27)28/h3-9,11-12,14-15,31-32H,1-2H3,(H,29,30). The average molecular weight is 500 g/mol. The van der Waals surface area contributed by atoms with Gasteiger partial charge in [-0.3, -0.25) is 4.72 Å². The third-order valence-corrected chi connectivity index (χ3v) is 6.23. The van der Waals surface area contributed by atoms with Gasteiger partial charge in [-0.15, -0.1) is 0 Å². The summed E-state index contributed by atoms with van der Waals surface area (Å²) in [5, 5.41) is 10.7. The zero-order valence-electron chi connectivity index (χ0n) is 18.6. The molecule has 0 bridgehead atoms. The van der Waals surface area contributed by atoms with Crippen LogP contribution in [0.4, 0.5) is 18.9 Å². The van der Waals surface area contributed by atoms with Crippen LogP contribution in [0.25, 0.3) is 22.2 Å². The Morgan fingerprint density at radius 2 is 1.60 bits per heavy atom. The number of fused-ring (bicyclic) bond motifs is 1. The van der Waals surface area contributed by atoms with E-state index in [9.17, 15) is 26.7 Å². The van der Waals surface area contributed by atoms with Crippen LogP contribution in [0.2, 0.25) is 0 Å². The fourth-order valence-corrected chi connectivity index (χ4v) is 3.97. The number of rotatable bonds is 4. The summed E-state index contributed by atoms with van der Waals surface area (Å²) in [4.78, 5) is 7.65. The fraction of sp³-hybridized carbons (Fsp3) is 0.160. The van der Waals surface area contributed by atoms with Gasteiger partial charge in [0.15, 0.2) is 5.82 Å². The predicted octanol–water partition coefficient (Wildman–Crippen LogP) is 5.12. The lowest BCUT2D eigenvalue weighted by Crippen LogP contribution is -2.29. The van der Waals surface area contributed by atoms with Crippen LogP contribution < -0.4 is 4.72 Å². The Kier molecular flexibility index (Phi) is 6.09. The molecule has 4 rings (SSSR count). The summed E-state index contributed by atoms with van der Waals surface area (Å²) in [6, 6.07) is 18.6. The number of H-pyrrole nitrogens is 1. The maximum Gasteiger partial charge on any atom is 0.516 e. The molecule has 0 amide bonds. The number of alkyl halides is 3. The molecular formula is C25H20F3N3O3S. The summed E-state index contributed by atoms with van der Waals surface area (Å²) in [6.45, 7) is 3.34. The Labute approximate surface area is 199 Å². The zero-order chi connectivity index (χ0) is 25.4. The molecule has 0 saturated carbocycles. The number of aromatic amines is 1. The van der Waals surface area contributed by atoms with Crippen molar-refractivity contribution in [3.63, 3.8) is 0 Å². The van der Waals surface area contributed by atoms with Gasteiger partial charge >= 0.3 is 15.5 Å². The molecule has 0 unspecified atom stereocenters. The quantitative estimate of drug-likeness (QED) is 0.340. The van der Waals surface area contributed by atoms with Gasteiger partial charge in [0.1, 0.15) is 0 Å². The van der Waals surface area contributed by atoms with E-state index in [1.807, 2.05) is 42.5 Å². The second-order valence-electron chi connectivity index (χ2n) is 8.31. The molecule has 35 heavy (non-hydrogen) atoms. The number of benzene rings is 3. The van der Waals surface area contributed by atoms with Gasteiger partial charge in [-0.2, -0.15) is 21.6 Å². The lowest BCUT2D eigenvalue weighted by atomic mass is 9.93. The molecular weight excluding hydrogens is 479 g/mol. The molecule has 3 aromatic carbocycles. The van der Waals surface area contributed by atoms with E-state index in [4.69, 9.17) is 0 Å². The SMILES string of the molecule is CC(C)(O)c1cc(-c2ccccc2)cc2[nH]c(C#Cc3ccc(NS(=O)(=O)C(F)(F)F)cc3)nc12. The number of anilines is 1. The molecule has 0 fully saturated rings. The van der Waals surface area contributed by atoms with Gasteiger partial charge < -0.3 is 10.1 Å². The zero-order valence-corrected chi connectivity index (χ0v) is 19.4. The third kappa shape index (κ3) is 5.31. The molecule has 0 aliphatic rings. The number of aromatic nitrogens is 2. The first-order valence-corrected chi connectivity index (χ1v) is 11.8. The molecule has 0 aliphatic carbocycles. The minimum absolute atomic E-state index is 0.236. The molecule has 4 aromatic rings. The fourth-order valence-electron chi connectivity index (χ4n) is 3.41. The van der Waals surface area contributed by atoms with Crippen molar-refractivity contribution in [1.29, 1.82) is 0 Å². The molecule has 10 heteroatoms. The van der Waals surface area contributed by atoms with E-state index < -0.39 is 21.1 Å². The molecule has 3 N–H and O–H groups in total. The van der Waals surface area contributed by atoms with Crippen molar-refractivity contribution in [2.24, 2.45) is 0 Å². The van der Waals surface area contributed by atoms with Gasteiger partial charge in [-0.1, -0.05) is 36.3 Å². The van der Waals surface area contributed by atoms with E-state index in [1.165, 1.54) is 29.0 Å². The number of hydrogen-bond acceptors (Lipinski definition) is 4. The lowest BCUT2D eigenvalue weighted by molar-refractivity contribution is -0.0429. The van der Waals surface area contributed by atoms with Gasteiger partial charge in [0.25, 0.3) is 0 Å². The third-order valence-electron chi connectivity index (χ3n) is 5.12. The molecule has 0 saturated heterocycles. The van der Waals surface area contributed by atoms with Crippen LogP contribution in [0.5, 0.6) is 0 Å². The van der Waals surface area contributed by atoms with Crippen LogP contribution >= 0.6 is 0 Å². The Balaban J connectivity index is 1.66. The molecule has 0 aliphatic heterocycles. The van der Waals surface area contributed by atoms with E-state index in [1.54, 1.807) is 13.8 Å². The maximum absolute atomic E-state index is 12.5. The van der Waals surface area contributed by atoms with E-state index in [0.29, 0.717) is 28.0 Å². The first kappa shape index (κ1) is 24.3. The molecule has 6 nitrogen and oxygen atoms in total. The van der Waals surface area contributed by atoms with Gasteiger partial charge in [0.2, 0.25) is 0 Å². The minimum Gasteiger partial charge on any atom is -0.386 e. The highest BCUT2D eigenvalue weighted by molar-refractivity contribution is 7.93. The lowest BCUT2D eigenvalue weighted by Gasteiger charge is -2.19. The number of sulfonamides is 1. The Hall–Kier alpha value is -3.81. The van der Waals surface area contributed by atoms with Crippen molar-refractivity contribution in [3.8, 4) is 23.0 Å². The van der Waals surface area contributed by atoms with E-state index in [-0.39, 0.29) is 5.69 Å². The van der Waals surface area contributed by atoms with Gasteiger partial charge in [-0.05, 0) is 67.3 Å². The Bertz CT molecular complexity index is 1540. The van der Waals surface area contributed by atoms with Crippen molar-refractivity contribution in [1.82, 2.24) is 9.97 Å². The molecule has 1 heterocycles. The molecule has 1 aromatic heterocycles. The summed E-state index contributed by atoms with van der Waals surface area (Å²) in [7, 11) is -5.50. The summed E-state index contributed by atoms with van der Waals surface area (Å²) >= 11 is 0. The van der Waals surface area contributed by atoms with Crippen LogP contribution in [-0.2, 0) is 15.6 Å². The molecule has 180 valence electrons. The molecule has 0 spiro atoms. The number of nitrogens with one attached hydrogen (secondary N) is 2. The Morgan fingerprint density at radius 1 is 0.943 bits per heavy atom. The van der Waals surface area contributed by atoms with Crippen molar-refractivity contribution in [2.75, 3.05) is 4.72 Å². The summed E-state index contributed by atoms with van der Waals surface area (Å²) < 4.78 is 61.5. The highest BCUT2D eigenvalue weighted by Crippen LogP contribution is 2.32. The Morgan fingerprint density at radius 3 is 2.20 bits per heavy atom. The number of hydrogen-bond donors (Lipinski definition) is 3. The van der Waals surface area contributed by atoms with Crippen molar-refractivity contribution in [2.45, 2.75) is 25.0 Å². The highest BCUT2D eigenvalue weighted by Gasteiger charge is 2.46. The van der Waals surface area contributed by atoms with E-state index in [2.05, 4.69) is 21.8 Å². The molecule has 0 radical (unpaired) electrons. The van der Waals surface area contributed by atoms with Gasteiger partial charge in [0.05, 0.1) is 16.6 Å². The summed E-state index contributed by atoms with van der Waals surface area (Å²) in [6.07, 6.45) is 0. The van der Waals surface area contributed by atoms with Crippen molar-refractivity contribution < 1.29 is 26.7 Å². The number of imidazole rings is 1. The summed E-state index contributed by atoms with van der Waals surface area (Å²) in [5.41, 5.74) is -2.62. The van der Waals surface area contributed by atoms with Crippen molar-refractivity contribution >= 4 is 26.7 Å². The van der Waals surface area contributed by atoms with Gasteiger partial charge in [0, 0.05) is 16.8 Å². The largest absolute Gasteiger partial charge is 0.516 e. The van der Waals surface area contributed by atoms with Crippen LogP contribution in [-0.4, -0.2) is 29.0 Å². The van der Waals surface area contributed by atoms with Crippen LogP contribution in [0.3, 0.4) is 0 Å². The first-order valence-electron chi connectivity index (χ1n) is 10.4. The maximum atomic E-state index is 12.5. The number of nitrogens with zero attached hydrogens (tertiary/aromatic N) is 1. The minimum atomic E-state index is -5.50. The number of halogens is 3. The second-order valence-corrected chi connectivity index (χ2v) is 9.98. The highest BCUT2D eigenvalue weighted by atomic mass is 32.2. The second kappa shape index (κ2) is 8.76. The van der Waals surface area contributed by atoms with Crippen LogP contribution in [0.15, 0.2) is 66.7 Å². The smallest absolute Gasteiger partial charge is 0.386 e. The first-order chi connectivity index (χ1) is 16.3. The monoisotopic (exact) mass is 499 g/mol. The van der Waals surface area contributed by atoms with Gasteiger partial charge in [-0.25, -0.2) is 4.98 Å². The molecule has 0 atom stereocenters. The van der Waals surface area contributed by atoms with E-state index >= 15 is 0 Å². The van der Waals surface area contributed by atoms with Crippen molar-refractivity contribution in [3.05, 3.63) is 83.7 Å². The van der Waals surface area contributed by atoms with E-state index in [0.717, 1.165) is 11.1 Å². The predicted molar refractivity (Wildman–Crippen MR) is 128 cm³/mol. The normalized spacial score (nSPS) is 12.3. The summed E-state index contributed by atoms with van der Waals surface area (Å²) in [5.74, 6) is 6.04.